The van der Waals surface area contributed by atoms with E-state index in [1.54, 1.807) is 24.3 Å². The molecule has 2 aromatic rings. The summed E-state index contributed by atoms with van der Waals surface area (Å²) in [6.45, 7) is 3.40. The van der Waals surface area contributed by atoms with Gasteiger partial charge in [0, 0.05) is 30.4 Å². The van der Waals surface area contributed by atoms with E-state index in [-0.39, 0.29) is 24.0 Å². The van der Waals surface area contributed by atoms with Gasteiger partial charge >= 0.3 is 5.97 Å². The number of methoxy groups -OCH3 is 1. The zero-order valence-electron chi connectivity index (χ0n) is 15.8. The van der Waals surface area contributed by atoms with Crippen molar-refractivity contribution >= 4 is 40.8 Å². The average Bonchev–Trinajstić information content (AvgIpc) is 3.19. The van der Waals surface area contributed by atoms with Crippen LogP contribution in [0.1, 0.15) is 36.3 Å². The second-order valence-electron chi connectivity index (χ2n) is 6.85. The number of piperidine rings is 1. The van der Waals surface area contributed by atoms with Crippen LogP contribution >= 0.6 is 23.2 Å². The molecule has 3 rings (SSSR count). The average molecular weight is 424 g/mol. The monoisotopic (exact) mass is 423 g/mol. The Hall–Kier alpha value is -2.02. The van der Waals surface area contributed by atoms with E-state index in [0.29, 0.717) is 21.4 Å². The molecular weight excluding hydrogens is 401 g/mol. The van der Waals surface area contributed by atoms with E-state index in [1.165, 1.54) is 7.11 Å². The molecule has 1 N–H and O–H groups in total. The Labute approximate surface area is 174 Å². The molecule has 1 fully saturated rings. The molecule has 0 spiro atoms. The zero-order valence-corrected chi connectivity index (χ0v) is 17.3. The summed E-state index contributed by atoms with van der Waals surface area (Å²) in [5.74, 6) is -0.445. The second-order valence-corrected chi connectivity index (χ2v) is 7.69. The fourth-order valence-corrected chi connectivity index (χ4v) is 3.99. The van der Waals surface area contributed by atoms with Gasteiger partial charge in [0.25, 0.3) is 0 Å². The maximum absolute atomic E-state index is 12.6. The third-order valence-corrected chi connectivity index (χ3v) is 5.73. The maximum Gasteiger partial charge on any atom is 0.354 e. The Morgan fingerprint density at radius 1 is 1.21 bits per heavy atom. The van der Waals surface area contributed by atoms with Gasteiger partial charge in [0.15, 0.2) is 0 Å². The maximum atomic E-state index is 12.6. The summed E-state index contributed by atoms with van der Waals surface area (Å²) in [7, 11) is 1.38. The lowest BCUT2D eigenvalue weighted by Crippen LogP contribution is -2.46. The first kappa shape index (κ1) is 20.7. The lowest BCUT2D eigenvalue weighted by atomic mass is 10.0. The molecule has 8 heteroatoms. The minimum atomic E-state index is -0.333. The molecular formula is C20H23Cl2N3O3. The van der Waals surface area contributed by atoms with Gasteiger partial charge in [0.1, 0.15) is 5.69 Å². The molecule has 2 heterocycles. The molecule has 1 unspecified atom stereocenters. The number of benzene rings is 1. The number of rotatable bonds is 5. The van der Waals surface area contributed by atoms with Gasteiger partial charge in [-0.1, -0.05) is 23.2 Å². The van der Waals surface area contributed by atoms with Crippen molar-refractivity contribution in [1.29, 1.82) is 0 Å². The quantitative estimate of drug-likeness (QED) is 0.730. The summed E-state index contributed by atoms with van der Waals surface area (Å²) in [6.07, 6.45) is 3.60. The lowest BCUT2D eigenvalue weighted by Gasteiger charge is -2.36. The van der Waals surface area contributed by atoms with Crippen LogP contribution in [0.5, 0.6) is 0 Å². The van der Waals surface area contributed by atoms with Crippen LogP contribution < -0.4 is 5.32 Å². The summed E-state index contributed by atoms with van der Waals surface area (Å²) in [5.41, 5.74) is 1.11. The third-order valence-electron chi connectivity index (χ3n) is 5.18. The number of aromatic nitrogens is 1. The predicted octanol–water partition coefficient (Wildman–Crippen LogP) is 4.25. The first-order chi connectivity index (χ1) is 13.4. The van der Waals surface area contributed by atoms with E-state index in [4.69, 9.17) is 27.9 Å². The highest BCUT2D eigenvalue weighted by Gasteiger charge is 2.29. The molecule has 0 saturated carbocycles. The SMILES string of the molecule is COC(=O)c1cccn1C1CCN(C(C)C(=O)Nc2ccc(Cl)cc2Cl)CC1. The van der Waals surface area contributed by atoms with Gasteiger partial charge in [-0.05, 0) is 50.1 Å². The Bertz CT molecular complexity index is 860. The smallest absolute Gasteiger partial charge is 0.354 e. The minimum Gasteiger partial charge on any atom is -0.464 e. The molecule has 1 aliphatic rings. The fourth-order valence-electron chi connectivity index (χ4n) is 3.53. The van der Waals surface area contributed by atoms with Crippen molar-refractivity contribution in [2.24, 2.45) is 0 Å². The number of halogens is 2. The Balaban J connectivity index is 1.59. The number of hydrogen-bond donors (Lipinski definition) is 1. The predicted molar refractivity (Wildman–Crippen MR) is 110 cm³/mol. The highest BCUT2D eigenvalue weighted by atomic mass is 35.5. The first-order valence-corrected chi connectivity index (χ1v) is 9.91. The molecule has 28 heavy (non-hydrogen) atoms. The van der Waals surface area contributed by atoms with Gasteiger partial charge in [0.2, 0.25) is 5.91 Å². The van der Waals surface area contributed by atoms with E-state index in [0.717, 1.165) is 25.9 Å². The molecule has 1 atom stereocenters. The van der Waals surface area contributed by atoms with Crippen LogP contribution in [0.25, 0.3) is 0 Å². The van der Waals surface area contributed by atoms with E-state index in [1.807, 2.05) is 23.8 Å². The van der Waals surface area contributed by atoms with Gasteiger partial charge in [0.05, 0.1) is 23.9 Å². The van der Waals surface area contributed by atoms with Crippen molar-refractivity contribution < 1.29 is 14.3 Å². The number of carbonyl (C=O) groups excluding carboxylic acids is 2. The summed E-state index contributed by atoms with van der Waals surface area (Å²) in [6, 6.07) is 8.52. The third kappa shape index (κ3) is 4.51. The van der Waals surface area contributed by atoms with E-state index < -0.39 is 0 Å². The largest absolute Gasteiger partial charge is 0.464 e. The zero-order chi connectivity index (χ0) is 20.3. The highest BCUT2D eigenvalue weighted by Crippen LogP contribution is 2.28. The van der Waals surface area contributed by atoms with E-state index >= 15 is 0 Å². The van der Waals surface area contributed by atoms with Crippen LogP contribution in [0.3, 0.4) is 0 Å². The molecule has 0 bridgehead atoms. The van der Waals surface area contributed by atoms with E-state index in [9.17, 15) is 9.59 Å². The number of carbonyl (C=O) groups is 2. The molecule has 1 amide bonds. The van der Waals surface area contributed by atoms with Crippen molar-refractivity contribution in [3.05, 3.63) is 52.3 Å². The lowest BCUT2D eigenvalue weighted by molar-refractivity contribution is -0.121. The van der Waals surface area contributed by atoms with Crippen LogP contribution in [0.4, 0.5) is 5.69 Å². The van der Waals surface area contributed by atoms with Gasteiger partial charge in [-0.3, -0.25) is 9.69 Å². The summed E-state index contributed by atoms with van der Waals surface area (Å²) in [4.78, 5) is 26.7. The normalized spacial score (nSPS) is 16.6. The summed E-state index contributed by atoms with van der Waals surface area (Å²) in [5, 5.41) is 3.80. The molecule has 1 aliphatic heterocycles. The van der Waals surface area contributed by atoms with Gasteiger partial charge in [-0.2, -0.15) is 0 Å². The summed E-state index contributed by atoms with van der Waals surface area (Å²) >= 11 is 12.0. The van der Waals surface area contributed by atoms with E-state index in [2.05, 4.69) is 10.2 Å². The van der Waals surface area contributed by atoms with Gasteiger partial charge in [-0.15, -0.1) is 0 Å². The number of nitrogens with zero attached hydrogens (tertiary/aromatic N) is 2. The van der Waals surface area contributed by atoms with Crippen LogP contribution in [-0.4, -0.2) is 47.6 Å². The van der Waals surface area contributed by atoms with Crippen molar-refractivity contribution in [3.8, 4) is 0 Å². The molecule has 0 radical (unpaired) electrons. The number of ether oxygens (including phenoxy) is 1. The molecule has 0 aliphatic carbocycles. The van der Waals surface area contributed by atoms with Crippen LogP contribution in [0, 0.1) is 0 Å². The van der Waals surface area contributed by atoms with Crippen molar-refractivity contribution in [2.45, 2.75) is 31.8 Å². The number of hydrogen-bond acceptors (Lipinski definition) is 4. The summed E-state index contributed by atoms with van der Waals surface area (Å²) < 4.78 is 6.82. The fraction of sp³-hybridized carbons (Fsp3) is 0.400. The first-order valence-electron chi connectivity index (χ1n) is 9.16. The number of esters is 1. The number of likely N-dealkylation sites (tertiary alicyclic amines) is 1. The number of amides is 1. The topological polar surface area (TPSA) is 63.6 Å². The Kier molecular flexibility index (Phi) is 6.65. The second kappa shape index (κ2) is 8.99. The van der Waals surface area contributed by atoms with Crippen molar-refractivity contribution in [3.63, 3.8) is 0 Å². The molecule has 1 aromatic heterocycles. The number of anilines is 1. The Morgan fingerprint density at radius 3 is 2.57 bits per heavy atom. The van der Waals surface area contributed by atoms with Crippen LogP contribution in [0.2, 0.25) is 10.0 Å². The molecule has 1 saturated heterocycles. The minimum absolute atomic E-state index is 0.112. The molecule has 150 valence electrons. The van der Waals surface area contributed by atoms with Crippen LogP contribution in [-0.2, 0) is 9.53 Å². The molecule has 1 aromatic carbocycles. The van der Waals surface area contributed by atoms with Gasteiger partial charge in [-0.25, -0.2) is 4.79 Å². The Morgan fingerprint density at radius 2 is 1.93 bits per heavy atom. The highest BCUT2D eigenvalue weighted by molar-refractivity contribution is 6.36. The van der Waals surface area contributed by atoms with Crippen molar-refractivity contribution in [2.75, 3.05) is 25.5 Å². The number of nitrogens with one attached hydrogen (secondary N) is 1. The van der Waals surface area contributed by atoms with Crippen molar-refractivity contribution in [1.82, 2.24) is 9.47 Å². The standard InChI is InChI=1S/C20H23Cl2N3O3/c1-13(19(26)23-17-6-5-14(21)12-16(17)22)24-10-7-15(8-11-24)25-9-3-4-18(25)20(27)28-2/h3-6,9,12-13,15H,7-8,10-11H2,1-2H3,(H,23,26). The van der Waals surface area contributed by atoms with Crippen LogP contribution in [0.15, 0.2) is 36.5 Å². The van der Waals surface area contributed by atoms with Gasteiger partial charge < -0.3 is 14.6 Å². The molecule has 6 nitrogen and oxygen atoms in total.